The van der Waals surface area contributed by atoms with Crippen molar-refractivity contribution in [2.45, 2.75) is 77.5 Å². The van der Waals surface area contributed by atoms with Crippen molar-refractivity contribution in [3.63, 3.8) is 0 Å². The van der Waals surface area contributed by atoms with Gasteiger partial charge in [-0.2, -0.15) is 0 Å². The quantitative estimate of drug-likeness (QED) is 0.773. The summed E-state index contributed by atoms with van der Waals surface area (Å²) in [5.41, 5.74) is 2.67. The van der Waals surface area contributed by atoms with Gasteiger partial charge in [-0.25, -0.2) is 4.98 Å². The Kier molecular flexibility index (Phi) is 4.00. The van der Waals surface area contributed by atoms with Gasteiger partial charge in [-0.15, -0.1) is 0 Å². The van der Waals surface area contributed by atoms with Crippen LogP contribution in [0.3, 0.4) is 0 Å². The van der Waals surface area contributed by atoms with Gasteiger partial charge in [-0.1, -0.05) is 25.8 Å². The monoisotopic (exact) mass is 340 g/mol. The second kappa shape index (κ2) is 5.85. The molecule has 1 saturated heterocycles. The lowest BCUT2D eigenvalue weighted by Gasteiger charge is -2.32. The van der Waals surface area contributed by atoms with E-state index in [4.69, 9.17) is 9.31 Å². The Balaban J connectivity index is 1.62. The molecule has 0 spiro atoms. The third kappa shape index (κ3) is 2.91. The number of imidazole rings is 1. The van der Waals surface area contributed by atoms with E-state index in [0.29, 0.717) is 6.04 Å². The maximum atomic E-state index is 6.18. The molecule has 25 heavy (non-hydrogen) atoms. The predicted octanol–water partition coefficient (Wildman–Crippen LogP) is 4.09. The SMILES string of the molecule is C[C@H]1CCC[C@H](n2cnc3cc(B4OC(C)(C)C(C)(C)O4)ccc32)C1. The molecule has 0 bridgehead atoms. The van der Waals surface area contributed by atoms with E-state index >= 15 is 0 Å². The molecule has 2 heterocycles. The zero-order chi connectivity index (χ0) is 17.8. The van der Waals surface area contributed by atoms with Crippen molar-refractivity contribution in [3.8, 4) is 0 Å². The number of hydrogen-bond acceptors (Lipinski definition) is 3. The van der Waals surface area contributed by atoms with Crippen LogP contribution in [0.4, 0.5) is 0 Å². The van der Waals surface area contributed by atoms with Crippen LogP contribution in [0.5, 0.6) is 0 Å². The Morgan fingerprint density at radius 1 is 1.12 bits per heavy atom. The zero-order valence-corrected chi connectivity index (χ0v) is 16.1. The molecule has 4 nitrogen and oxygen atoms in total. The molecule has 0 amide bonds. The largest absolute Gasteiger partial charge is 0.494 e. The van der Waals surface area contributed by atoms with Crippen LogP contribution in [0.1, 0.15) is 66.3 Å². The lowest BCUT2D eigenvalue weighted by atomic mass is 9.79. The summed E-state index contributed by atoms with van der Waals surface area (Å²) < 4.78 is 14.7. The first kappa shape index (κ1) is 17.1. The summed E-state index contributed by atoms with van der Waals surface area (Å²) >= 11 is 0. The van der Waals surface area contributed by atoms with Gasteiger partial charge in [0.15, 0.2) is 0 Å². The van der Waals surface area contributed by atoms with E-state index in [1.54, 1.807) is 0 Å². The van der Waals surface area contributed by atoms with Crippen molar-refractivity contribution in [1.82, 2.24) is 9.55 Å². The fourth-order valence-corrected chi connectivity index (χ4v) is 4.12. The van der Waals surface area contributed by atoms with Gasteiger partial charge in [0.2, 0.25) is 0 Å². The standard InChI is InChI=1S/C20H29BN2O2/c1-14-7-6-8-16(11-14)23-13-22-17-12-15(9-10-18(17)23)21-24-19(2,3)20(4,5)25-21/h9-10,12-14,16H,6-8,11H2,1-5H3/t14-,16-/m0/s1. The van der Waals surface area contributed by atoms with Gasteiger partial charge in [0.05, 0.1) is 28.6 Å². The first-order chi connectivity index (χ1) is 11.8. The summed E-state index contributed by atoms with van der Waals surface area (Å²) in [7, 11) is -0.325. The van der Waals surface area contributed by atoms with Crippen LogP contribution in [-0.2, 0) is 9.31 Å². The zero-order valence-electron chi connectivity index (χ0n) is 16.1. The fourth-order valence-electron chi connectivity index (χ4n) is 4.12. The Labute approximate surface area is 151 Å². The smallest absolute Gasteiger partial charge is 0.399 e. The van der Waals surface area contributed by atoms with Crippen molar-refractivity contribution in [1.29, 1.82) is 0 Å². The van der Waals surface area contributed by atoms with Gasteiger partial charge < -0.3 is 13.9 Å². The van der Waals surface area contributed by atoms with E-state index in [1.165, 1.54) is 31.2 Å². The predicted molar refractivity (Wildman–Crippen MR) is 102 cm³/mol. The highest BCUT2D eigenvalue weighted by molar-refractivity contribution is 6.62. The highest BCUT2D eigenvalue weighted by atomic mass is 16.7. The molecule has 134 valence electrons. The number of benzene rings is 1. The van der Waals surface area contributed by atoms with E-state index < -0.39 is 0 Å². The minimum Gasteiger partial charge on any atom is -0.399 e. The summed E-state index contributed by atoms with van der Waals surface area (Å²) in [6.07, 6.45) is 7.20. The Hall–Kier alpha value is -1.33. The molecule has 5 heteroatoms. The van der Waals surface area contributed by atoms with Crippen LogP contribution in [-0.4, -0.2) is 27.9 Å². The molecule has 1 aliphatic heterocycles. The molecule has 1 aromatic carbocycles. The maximum Gasteiger partial charge on any atom is 0.494 e. The molecule has 0 radical (unpaired) electrons. The average Bonchev–Trinajstić information content (AvgIpc) is 3.05. The Bertz CT molecular complexity index is 767. The van der Waals surface area contributed by atoms with E-state index in [-0.39, 0.29) is 18.3 Å². The lowest BCUT2D eigenvalue weighted by molar-refractivity contribution is 0.00578. The fraction of sp³-hybridized carbons (Fsp3) is 0.650. The van der Waals surface area contributed by atoms with Crippen molar-refractivity contribution < 1.29 is 9.31 Å². The summed E-state index contributed by atoms with van der Waals surface area (Å²) in [5.74, 6) is 0.806. The molecular formula is C20H29BN2O2. The van der Waals surface area contributed by atoms with Gasteiger partial charge in [0.1, 0.15) is 0 Å². The molecule has 2 fully saturated rings. The minimum atomic E-state index is -0.325. The second-order valence-corrected chi connectivity index (χ2v) is 8.91. The third-order valence-electron chi connectivity index (χ3n) is 6.43. The van der Waals surface area contributed by atoms with Crippen molar-refractivity contribution in [2.75, 3.05) is 0 Å². The minimum absolute atomic E-state index is 0.315. The van der Waals surface area contributed by atoms with Crippen molar-refractivity contribution >= 4 is 23.6 Å². The first-order valence-corrected chi connectivity index (χ1v) is 9.59. The first-order valence-electron chi connectivity index (χ1n) is 9.59. The van der Waals surface area contributed by atoms with Crippen LogP contribution >= 0.6 is 0 Å². The van der Waals surface area contributed by atoms with Gasteiger partial charge in [-0.3, -0.25) is 0 Å². The second-order valence-electron chi connectivity index (χ2n) is 8.91. The molecule has 4 rings (SSSR count). The molecular weight excluding hydrogens is 311 g/mol. The normalized spacial score (nSPS) is 28.6. The molecule has 1 aromatic heterocycles. The highest BCUT2D eigenvalue weighted by Crippen LogP contribution is 2.37. The summed E-state index contributed by atoms with van der Waals surface area (Å²) in [6, 6.07) is 7.02. The van der Waals surface area contributed by atoms with Crippen LogP contribution < -0.4 is 5.46 Å². The van der Waals surface area contributed by atoms with Crippen molar-refractivity contribution in [3.05, 3.63) is 24.5 Å². The Morgan fingerprint density at radius 3 is 2.52 bits per heavy atom. The van der Waals surface area contributed by atoms with Gasteiger partial charge in [-0.05, 0) is 64.1 Å². The van der Waals surface area contributed by atoms with Gasteiger partial charge in [0, 0.05) is 6.04 Å². The maximum absolute atomic E-state index is 6.18. The van der Waals surface area contributed by atoms with Gasteiger partial charge in [0.25, 0.3) is 0 Å². The molecule has 0 unspecified atom stereocenters. The Morgan fingerprint density at radius 2 is 1.84 bits per heavy atom. The van der Waals surface area contributed by atoms with E-state index in [1.807, 2.05) is 6.33 Å². The van der Waals surface area contributed by atoms with E-state index in [2.05, 4.69) is 62.4 Å². The molecule has 2 atom stereocenters. The van der Waals surface area contributed by atoms with Gasteiger partial charge >= 0.3 is 7.12 Å². The molecule has 1 saturated carbocycles. The number of fused-ring (bicyclic) bond motifs is 1. The van der Waals surface area contributed by atoms with E-state index in [9.17, 15) is 0 Å². The number of rotatable bonds is 2. The van der Waals surface area contributed by atoms with E-state index in [0.717, 1.165) is 16.9 Å². The highest BCUT2D eigenvalue weighted by Gasteiger charge is 2.51. The number of hydrogen-bond donors (Lipinski definition) is 0. The molecule has 2 aliphatic rings. The number of nitrogens with zero attached hydrogens (tertiary/aromatic N) is 2. The van der Waals surface area contributed by atoms with Crippen LogP contribution in [0.25, 0.3) is 11.0 Å². The average molecular weight is 340 g/mol. The topological polar surface area (TPSA) is 36.3 Å². The molecule has 1 aliphatic carbocycles. The molecule has 2 aromatic rings. The van der Waals surface area contributed by atoms with Crippen LogP contribution in [0.2, 0.25) is 0 Å². The third-order valence-corrected chi connectivity index (χ3v) is 6.43. The van der Waals surface area contributed by atoms with Crippen LogP contribution in [0.15, 0.2) is 24.5 Å². The summed E-state index contributed by atoms with van der Waals surface area (Å²) in [4.78, 5) is 4.68. The molecule has 0 N–H and O–H groups in total. The van der Waals surface area contributed by atoms with Crippen molar-refractivity contribution in [2.24, 2.45) is 5.92 Å². The summed E-state index contributed by atoms with van der Waals surface area (Å²) in [6.45, 7) is 10.7. The van der Waals surface area contributed by atoms with Crippen LogP contribution in [0, 0.1) is 5.92 Å². The lowest BCUT2D eigenvalue weighted by Crippen LogP contribution is -2.41. The summed E-state index contributed by atoms with van der Waals surface area (Å²) in [5, 5.41) is 0. The number of aromatic nitrogens is 2.